The number of benzene rings is 1. The molecule has 0 aliphatic rings. The van der Waals surface area contributed by atoms with Crippen molar-refractivity contribution in [3.8, 4) is 6.07 Å². The van der Waals surface area contributed by atoms with Crippen molar-refractivity contribution in [1.29, 1.82) is 5.26 Å². The molecule has 1 amide bonds. The smallest absolute Gasteiger partial charge is 0.398 e. The zero-order valence-corrected chi connectivity index (χ0v) is 13.0. The molecule has 0 saturated carbocycles. The number of hydrogen-bond acceptors (Lipinski definition) is 5. The highest BCUT2D eigenvalue weighted by molar-refractivity contribution is 5.97. The largest absolute Gasteiger partial charge is 0.418 e. The van der Waals surface area contributed by atoms with Crippen molar-refractivity contribution in [2.75, 3.05) is 11.1 Å². The van der Waals surface area contributed by atoms with Crippen LogP contribution in [0.3, 0.4) is 0 Å². The fourth-order valence-electron chi connectivity index (χ4n) is 2.04. The molecule has 1 aromatic heterocycles. The van der Waals surface area contributed by atoms with Crippen LogP contribution in [0, 0.1) is 11.3 Å². The number of nitrogen functional groups attached to an aromatic ring is 1. The Labute approximate surface area is 140 Å². The second-order valence-electron chi connectivity index (χ2n) is 5.57. The first kappa shape index (κ1) is 18.3. The van der Waals surface area contributed by atoms with Crippen molar-refractivity contribution in [3.05, 3.63) is 41.7 Å². The maximum absolute atomic E-state index is 12.8. The Bertz CT molecular complexity index is 836. The van der Waals surface area contributed by atoms with Gasteiger partial charge in [-0.25, -0.2) is 0 Å². The number of carbonyl (C=O) groups excluding carboxylic acids is 1. The maximum Gasteiger partial charge on any atom is 0.418 e. The second kappa shape index (κ2) is 6.45. The van der Waals surface area contributed by atoms with Gasteiger partial charge in [0.2, 0.25) is 0 Å². The molecule has 0 radical (unpaired) electrons. The lowest BCUT2D eigenvalue weighted by Gasteiger charge is -2.22. The molecule has 4 N–H and O–H groups in total. The van der Waals surface area contributed by atoms with Gasteiger partial charge in [-0.15, -0.1) is 0 Å². The number of nitrogens with two attached hydrogens (primary N) is 1. The topological polar surface area (TPSA) is 117 Å². The van der Waals surface area contributed by atoms with Crippen LogP contribution >= 0.6 is 0 Å². The average Bonchev–Trinajstić information content (AvgIpc) is 2.94. The Kier molecular flexibility index (Phi) is 4.71. The van der Waals surface area contributed by atoms with Crippen LogP contribution in [0.5, 0.6) is 0 Å². The minimum absolute atomic E-state index is 0.162. The van der Waals surface area contributed by atoms with Crippen LogP contribution in [-0.2, 0) is 17.5 Å². The van der Waals surface area contributed by atoms with Gasteiger partial charge in [0, 0.05) is 17.6 Å². The number of nitriles is 1. The highest BCUT2D eigenvalue weighted by Gasteiger charge is 2.35. The van der Waals surface area contributed by atoms with Crippen LogP contribution in [0.15, 0.2) is 30.6 Å². The fraction of sp³-hybridized carbons (Fsp3) is 0.267. The zero-order chi connectivity index (χ0) is 18.8. The standard InChI is InChI=1S/C15H14F3N5O2/c1-14(25,8-23-7-9(5-19)6-21-23)13(24)22-10-2-3-12(20)11(4-10)15(16,17)18/h2-4,6-7,25H,8,20H2,1H3,(H,22,24)/t14-/m0/s1. The van der Waals surface area contributed by atoms with Crippen molar-refractivity contribution < 1.29 is 23.1 Å². The van der Waals surface area contributed by atoms with Gasteiger partial charge >= 0.3 is 6.18 Å². The molecule has 7 nitrogen and oxygen atoms in total. The van der Waals surface area contributed by atoms with Crippen LogP contribution in [0.25, 0.3) is 0 Å². The van der Waals surface area contributed by atoms with Gasteiger partial charge in [-0.3, -0.25) is 9.48 Å². The summed E-state index contributed by atoms with van der Waals surface area (Å²) in [6.07, 6.45) is -2.09. The van der Waals surface area contributed by atoms with E-state index >= 15 is 0 Å². The first-order valence-corrected chi connectivity index (χ1v) is 6.96. The van der Waals surface area contributed by atoms with E-state index in [1.54, 1.807) is 0 Å². The molecule has 0 saturated heterocycles. The SMILES string of the molecule is C[C@](O)(Cn1cc(C#N)cn1)C(=O)Nc1ccc(N)c(C(F)(F)F)c1. The molecule has 10 heteroatoms. The molecule has 2 aromatic rings. The molecule has 0 spiro atoms. The number of amides is 1. The molecule has 132 valence electrons. The first-order valence-electron chi connectivity index (χ1n) is 6.96. The summed E-state index contributed by atoms with van der Waals surface area (Å²) in [6, 6.07) is 4.74. The number of alkyl halides is 3. The van der Waals surface area contributed by atoms with Gasteiger partial charge in [-0.2, -0.15) is 23.5 Å². The summed E-state index contributed by atoms with van der Waals surface area (Å²) >= 11 is 0. The third kappa shape index (κ3) is 4.27. The lowest BCUT2D eigenvalue weighted by atomic mass is 10.1. The maximum atomic E-state index is 12.8. The van der Waals surface area contributed by atoms with Gasteiger partial charge in [0.1, 0.15) is 6.07 Å². The summed E-state index contributed by atoms with van der Waals surface area (Å²) in [5.41, 5.74) is 1.83. The molecule has 1 aromatic carbocycles. The van der Waals surface area contributed by atoms with Crippen LogP contribution in [0.4, 0.5) is 24.5 Å². The number of anilines is 2. The Morgan fingerprint density at radius 3 is 2.72 bits per heavy atom. The molecule has 0 fully saturated rings. The van der Waals surface area contributed by atoms with Crippen molar-refractivity contribution in [2.45, 2.75) is 25.2 Å². The molecule has 25 heavy (non-hydrogen) atoms. The van der Waals surface area contributed by atoms with Crippen molar-refractivity contribution in [1.82, 2.24) is 9.78 Å². The number of nitrogens with zero attached hydrogens (tertiary/aromatic N) is 3. The predicted octanol–water partition coefficient (Wildman–Crippen LogP) is 1.75. The molecule has 0 aliphatic heterocycles. The normalized spacial score (nSPS) is 13.8. The van der Waals surface area contributed by atoms with Gasteiger partial charge in [0.05, 0.1) is 23.9 Å². The van der Waals surface area contributed by atoms with E-state index in [0.29, 0.717) is 6.07 Å². The Morgan fingerprint density at radius 2 is 2.16 bits per heavy atom. The molecular weight excluding hydrogens is 339 g/mol. The van der Waals surface area contributed by atoms with E-state index in [9.17, 15) is 23.1 Å². The monoisotopic (exact) mass is 353 g/mol. The highest BCUT2D eigenvalue weighted by Crippen LogP contribution is 2.35. The zero-order valence-electron chi connectivity index (χ0n) is 13.0. The molecule has 1 atom stereocenters. The number of carbonyl (C=O) groups is 1. The molecular formula is C15H14F3N5O2. The average molecular weight is 353 g/mol. The summed E-state index contributed by atoms with van der Waals surface area (Å²) in [6.45, 7) is 0.889. The molecule has 0 aliphatic carbocycles. The van der Waals surface area contributed by atoms with E-state index in [4.69, 9.17) is 11.0 Å². The molecule has 0 unspecified atom stereocenters. The minimum Gasteiger partial charge on any atom is -0.398 e. The van der Waals surface area contributed by atoms with E-state index in [1.807, 2.05) is 6.07 Å². The Balaban J connectivity index is 2.16. The van der Waals surface area contributed by atoms with E-state index in [0.717, 1.165) is 6.07 Å². The third-order valence-electron chi connectivity index (χ3n) is 3.34. The molecule has 2 rings (SSSR count). The summed E-state index contributed by atoms with van der Waals surface area (Å²) in [5, 5.41) is 25.0. The lowest BCUT2D eigenvalue weighted by Crippen LogP contribution is -2.43. The summed E-state index contributed by atoms with van der Waals surface area (Å²) < 4.78 is 39.7. The predicted molar refractivity (Wildman–Crippen MR) is 82.1 cm³/mol. The number of aromatic nitrogens is 2. The quantitative estimate of drug-likeness (QED) is 0.724. The highest BCUT2D eigenvalue weighted by atomic mass is 19.4. The summed E-state index contributed by atoms with van der Waals surface area (Å²) in [7, 11) is 0. The van der Waals surface area contributed by atoms with E-state index in [-0.39, 0.29) is 17.8 Å². The molecule has 1 heterocycles. The minimum atomic E-state index is -4.67. The van der Waals surface area contributed by atoms with Crippen molar-refractivity contribution in [3.63, 3.8) is 0 Å². The Morgan fingerprint density at radius 1 is 1.48 bits per heavy atom. The molecule has 0 bridgehead atoms. The van der Waals surface area contributed by atoms with Crippen LogP contribution in [-0.4, -0.2) is 26.4 Å². The van der Waals surface area contributed by atoms with Crippen LogP contribution in [0.2, 0.25) is 0 Å². The van der Waals surface area contributed by atoms with Gasteiger partial charge in [-0.05, 0) is 25.1 Å². The summed E-state index contributed by atoms with van der Waals surface area (Å²) in [4.78, 5) is 12.2. The van der Waals surface area contributed by atoms with Crippen LogP contribution < -0.4 is 11.1 Å². The third-order valence-corrected chi connectivity index (χ3v) is 3.34. The van der Waals surface area contributed by atoms with E-state index in [2.05, 4.69) is 10.4 Å². The van der Waals surface area contributed by atoms with Crippen LogP contribution in [0.1, 0.15) is 18.1 Å². The lowest BCUT2D eigenvalue weighted by molar-refractivity contribution is -0.137. The van der Waals surface area contributed by atoms with Gasteiger partial charge in [0.15, 0.2) is 5.60 Å². The number of aliphatic hydroxyl groups is 1. The van der Waals surface area contributed by atoms with Gasteiger partial charge in [-0.1, -0.05) is 0 Å². The number of rotatable bonds is 4. The number of nitrogens with one attached hydrogen (secondary N) is 1. The first-order chi connectivity index (χ1) is 11.5. The van der Waals surface area contributed by atoms with E-state index in [1.165, 1.54) is 30.1 Å². The number of hydrogen-bond donors (Lipinski definition) is 3. The van der Waals surface area contributed by atoms with Crippen molar-refractivity contribution in [2.24, 2.45) is 0 Å². The number of halogens is 3. The van der Waals surface area contributed by atoms with Gasteiger partial charge < -0.3 is 16.2 Å². The second-order valence-corrected chi connectivity index (χ2v) is 5.57. The fourth-order valence-corrected chi connectivity index (χ4v) is 2.04. The van der Waals surface area contributed by atoms with Gasteiger partial charge in [0.25, 0.3) is 5.91 Å². The summed E-state index contributed by atoms with van der Waals surface area (Å²) in [5.74, 6) is -0.931. The van der Waals surface area contributed by atoms with E-state index < -0.39 is 28.9 Å². The Hall–Kier alpha value is -3.06. The van der Waals surface area contributed by atoms with Crippen molar-refractivity contribution >= 4 is 17.3 Å².